The molecular formula is C26H31Cl2N3O4S. The number of hydrogen-bond acceptors (Lipinski definition) is 7. The van der Waals surface area contributed by atoms with Gasteiger partial charge in [0.25, 0.3) is 0 Å². The number of ketones is 1. The number of benzene rings is 1. The summed E-state index contributed by atoms with van der Waals surface area (Å²) in [6.45, 7) is 2.19. The molecule has 0 amide bonds. The van der Waals surface area contributed by atoms with Gasteiger partial charge < -0.3 is 14.7 Å². The predicted molar refractivity (Wildman–Crippen MR) is 147 cm³/mol. The van der Waals surface area contributed by atoms with Crippen LogP contribution in [-0.4, -0.2) is 64.2 Å². The summed E-state index contributed by atoms with van der Waals surface area (Å²) in [5, 5.41) is 11.6. The van der Waals surface area contributed by atoms with Crippen molar-refractivity contribution in [3.05, 3.63) is 60.4 Å². The van der Waals surface area contributed by atoms with Crippen LogP contribution in [0.25, 0.3) is 10.9 Å². The molecular weight excluding hydrogens is 521 g/mol. The molecule has 7 nitrogen and oxygen atoms in total. The fraction of sp³-hybridized carbons (Fsp3) is 0.385. The molecule has 1 aliphatic heterocycles. The maximum absolute atomic E-state index is 13.1. The van der Waals surface area contributed by atoms with Crippen molar-refractivity contribution in [2.45, 2.75) is 24.3 Å². The molecule has 3 heterocycles. The van der Waals surface area contributed by atoms with Crippen LogP contribution in [-0.2, 0) is 4.79 Å². The number of halogens is 2. The maximum Gasteiger partial charge on any atom is 0.308 e. The van der Waals surface area contributed by atoms with Gasteiger partial charge in [-0.2, -0.15) is 0 Å². The summed E-state index contributed by atoms with van der Waals surface area (Å²) in [6.07, 6.45) is 5.09. The lowest BCUT2D eigenvalue weighted by Crippen LogP contribution is -2.44. The Morgan fingerprint density at radius 1 is 1.14 bits per heavy atom. The summed E-state index contributed by atoms with van der Waals surface area (Å²) < 4.78 is 5.30. The van der Waals surface area contributed by atoms with Crippen molar-refractivity contribution in [3.8, 4) is 5.75 Å². The lowest BCUT2D eigenvalue weighted by molar-refractivity contribution is -0.146. The van der Waals surface area contributed by atoms with Gasteiger partial charge in [0, 0.05) is 48.6 Å². The summed E-state index contributed by atoms with van der Waals surface area (Å²) in [7, 11) is 1.59. The number of ether oxygens (including phenoxy) is 1. The minimum atomic E-state index is -0.779. The number of fused-ring (bicyclic) bond motifs is 1. The molecule has 2 atom stereocenters. The van der Waals surface area contributed by atoms with Gasteiger partial charge in [-0.3, -0.25) is 14.6 Å². The third-order valence-corrected chi connectivity index (χ3v) is 7.37. The Kier molecular flexibility index (Phi) is 11.9. The molecule has 0 spiro atoms. The monoisotopic (exact) mass is 551 g/mol. The number of hydrogen-bond donors (Lipinski definition) is 1. The number of carbonyl (C=O) groups excluding carboxylic acids is 1. The highest BCUT2D eigenvalue weighted by molar-refractivity contribution is 7.99. The van der Waals surface area contributed by atoms with Crippen LogP contribution in [0.4, 0.5) is 0 Å². The van der Waals surface area contributed by atoms with Gasteiger partial charge in [-0.05, 0) is 61.7 Å². The number of carboxylic acid groups (broad SMARTS) is 1. The fourth-order valence-corrected chi connectivity index (χ4v) is 5.42. The van der Waals surface area contributed by atoms with Gasteiger partial charge in [-0.15, -0.1) is 36.6 Å². The summed E-state index contributed by atoms with van der Waals surface area (Å²) in [5.41, 5.74) is 1.35. The standard InChI is InChI=1S/C26H29N3O4S.2ClH/c1-33-19-6-7-23-21(16-19)20(9-12-27-23)24(30)8-5-18-10-13-29(17-22(18)26(31)32)14-15-34-25-4-2-3-11-28-25;;/h2-4,6-7,9,11-12,16,18,22H,5,8,10,13-15,17H2,1H3,(H,31,32);2*1H/t18-,22+;;/m1../s1. The minimum absolute atomic E-state index is 0. The van der Waals surface area contributed by atoms with Crippen molar-refractivity contribution in [1.29, 1.82) is 0 Å². The molecule has 1 saturated heterocycles. The molecule has 4 rings (SSSR count). The van der Waals surface area contributed by atoms with Crippen LogP contribution >= 0.6 is 36.6 Å². The van der Waals surface area contributed by atoms with Crippen molar-refractivity contribution in [2.24, 2.45) is 11.8 Å². The molecule has 0 radical (unpaired) electrons. The number of methoxy groups -OCH3 is 1. The number of likely N-dealkylation sites (tertiary alicyclic amines) is 1. The van der Waals surface area contributed by atoms with Gasteiger partial charge >= 0.3 is 5.97 Å². The van der Waals surface area contributed by atoms with Gasteiger partial charge in [0.2, 0.25) is 0 Å². The molecule has 1 N–H and O–H groups in total. The number of rotatable bonds is 10. The Morgan fingerprint density at radius 2 is 1.97 bits per heavy atom. The second-order valence-electron chi connectivity index (χ2n) is 8.51. The zero-order chi connectivity index (χ0) is 23.9. The van der Waals surface area contributed by atoms with E-state index in [0.717, 1.165) is 41.2 Å². The predicted octanol–water partition coefficient (Wildman–Crippen LogP) is 5.26. The largest absolute Gasteiger partial charge is 0.497 e. The van der Waals surface area contributed by atoms with E-state index in [9.17, 15) is 14.7 Å². The number of carbonyl (C=O) groups is 2. The Labute approximate surface area is 227 Å². The summed E-state index contributed by atoms with van der Waals surface area (Å²) in [5.74, 6) is 0.302. The first kappa shape index (κ1) is 29.8. The molecule has 1 fully saturated rings. The van der Waals surface area contributed by atoms with E-state index in [1.807, 2.05) is 36.4 Å². The van der Waals surface area contributed by atoms with Crippen molar-refractivity contribution in [2.75, 3.05) is 32.5 Å². The zero-order valence-corrected chi connectivity index (χ0v) is 22.5. The molecule has 194 valence electrons. The number of carboxylic acids is 1. The van der Waals surface area contributed by atoms with Crippen LogP contribution in [0, 0.1) is 11.8 Å². The van der Waals surface area contributed by atoms with Crippen LogP contribution in [0.1, 0.15) is 29.6 Å². The van der Waals surface area contributed by atoms with Crippen molar-refractivity contribution < 1.29 is 19.4 Å². The Hall–Kier alpha value is -2.39. The van der Waals surface area contributed by atoms with E-state index in [1.165, 1.54) is 0 Å². The smallest absolute Gasteiger partial charge is 0.308 e. The summed E-state index contributed by atoms with van der Waals surface area (Å²) in [4.78, 5) is 36.0. The van der Waals surface area contributed by atoms with E-state index in [4.69, 9.17) is 4.74 Å². The van der Waals surface area contributed by atoms with Crippen molar-refractivity contribution in [3.63, 3.8) is 0 Å². The molecule has 3 aromatic rings. The highest BCUT2D eigenvalue weighted by Gasteiger charge is 2.34. The molecule has 36 heavy (non-hydrogen) atoms. The van der Waals surface area contributed by atoms with E-state index in [1.54, 1.807) is 37.3 Å². The third-order valence-electron chi connectivity index (χ3n) is 6.44. The van der Waals surface area contributed by atoms with E-state index < -0.39 is 11.9 Å². The lowest BCUT2D eigenvalue weighted by atomic mass is 9.81. The molecule has 0 bridgehead atoms. The molecule has 0 unspecified atom stereocenters. The van der Waals surface area contributed by atoms with Crippen LogP contribution in [0.3, 0.4) is 0 Å². The van der Waals surface area contributed by atoms with Gasteiger partial charge in [0.05, 0.1) is 23.6 Å². The fourth-order valence-electron chi connectivity index (χ4n) is 4.55. The molecule has 0 aliphatic carbocycles. The highest BCUT2D eigenvalue weighted by atomic mass is 35.5. The lowest BCUT2D eigenvalue weighted by Gasteiger charge is -2.36. The van der Waals surface area contributed by atoms with Gasteiger partial charge in [-0.25, -0.2) is 4.98 Å². The normalized spacial score (nSPS) is 17.6. The van der Waals surface area contributed by atoms with Crippen LogP contribution < -0.4 is 4.74 Å². The Bertz CT molecular complexity index is 1150. The van der Waals surface area contributed by atoms with E-state index in [0.29, 0.717) is 30.7 Å². The van der Waals surface area contributed by atoms with E-state index in [2.05, 4.69) is 14.9 Å². The molecule has 0 saturated carbocycles. The Balaban J connectivity index is 0.00000228. The number of piperidine rings is 1. The van der Waals surface area contributed by atoms with Crippen LogP contribution in [0.5, 0.6) is 5.75 Å². The highest BCUT2D eigenvalue weighted by Crippen LogP contribution is 2.30. The number of thioether (sulfide) groups is 1. The third kappa shape index (κ3) is 7.56. The van der Waals surface area contributed by atoms with Crippen molar-refractivity contribution >= 4 is 59.2 Å². The van der Waals surface area contributed by atoms with Gasteiger partial charge in [0.1, 0.15) is 5.75 Å². The SMILES string of the molecule is COc1ccc2nccc(C(=O)CC[C@@H]3CCN(CCSc4ccccn4)C[C@@H]3C(=O)O)c2c1.Cl.Cl. The molecule has 10 heteroatoms. The number of aliphatic carboxylic acids is 1. The number of aromatic nitrogens is 2. The number of nitrogens with zero attached hydrogens (tertiary/aromatic N) is 3. The second kappa shape index (κ2) is 14.4. The maximum atomic E-state index is 13.1. The molecule has 2 aromatic heterocycles. The molecule has 1 aliphatic rings. The summed E-state index contributed by atoms with van der Waals surface area (Å²) in [6, 6.07) is 13.1. The van der Waals surface area contributed by atoms with E-state index in [-0.39, 0.29) is 36.5 Å². The molecule has 1 aromatic carbocycles. The van der Waals surface area contributed by atoms with Gasteiger partial charge in [0.15, 0.2) is 5.78 Å². The quantitative estimate of drug-likeness (QED) is 0.269. The first-order chi connectivity index (χ1) is 16.5. The topological polar surface area (TPSA) is 92.6 Å². The van der Waals surface area contributed by atoms with Crippen LogP contribution in [0.2, 0.25) is 0 Å². The Morgan fingerprint density at radius 3 is 2.69 bits per heavy atom. The first-order valence-corrected chi connectivity index (χ1v) is 12.5. The van der Waals surface area contributed by atoms with E-state index >= 15 is 0 Å². The average molecular weight is 553 g/mol. The zero-order valence-electron chi connectivity index (χ0n) is 20.0. The minimum Gasteiger partial charge on any atom is -0.497 e. The first-order valence-electron chi connectivity index (χ1n) is 11.5. The number of Topliss-reactive ketones (excluding diaryl/α,β-unsaturated/α-hetero) is 1. The summed E-state index contributed by atoms with van der Waals surface area (Å²) >= 11 is 1.68. The average Bonchev–Trinajstić information content (AvgIpc) is 2.87. The number of pyridine rings is 2. The van der Waals surface area contributed by atoms with Gasteiger partial charge in [-0.1, -0.05) is 6.07 Å². The van der Waals surface area contributed by atoms with Crippen LogP contribution in [0.15, 0.2) is 59.9 Å². The second-order valence-corrected chi connectivity index (χ2v) is 9.63. The van der Waals surface area contributed by atoms with Crippen molar-refractivity contribution in [1.82, 2.24) is 14.9 Å².